The Labute approximate surface area is 122 Å². The number of likely N-dealkylation sites (N-methyl/N-ethyl adjacent to an activating group) is 1. The first-order valence-electron chi connectivity index (χ1n) is 7.99. The van der Waals surface area contributed by atoms with E-state index in [2.05, 4.69) is 21.7 Å². The molecule has 2 rings (SSSR count). The maximum Gasteiger partial charge on any atom is 0.307 e. The van der Waals surface area contributed by atoms with Crippen LogP contribution in [0.5, 0.6) is 0 Å². The van der Waals surface area contributed by atoms with Crippen molar-refractivity contribution in [2.45, 2.75) is 32.2 Å². The van der Waals surface area contributed by atoms with Crippen LogP contribution in [0.1, 0.15) is 26.2 Å². The van der Waals surface area contributed by atoms with Crippen LogP contribution in [-0.2, 0) is 9.53 Å². The van der Waals surface area contributed by atoms with Gasteiger partial charge in [0.15, 0.2) is 0 Å². The van der Waals surface area contributed by atoms with Gasteiger partial charge >= 0.3 is 5.97 Å². The molecule has 5 heteroatoms. The molecule has 2 saturated heterocycles. The van der Waals surface area contributed by atoms with Gasteiger partial charge in [-0.05, 0) is 39.9 Å². The fourth-order valence-electron chi connectivity index (χ4n) is 3.18. The Bertz CT molecular complexity index is 295. The molecule has 0 aliphatic carbocycles. The van der Waals surface area contributed by atoms with E-state index in [1.54, 1.807) is 0 Å². The average Bonchev–Trinajstić information content (AvgIpc) is 2.47. The first-order chi connectivity index (χ1) is 9.69. The lowest BCUT2D eigenvalue weighted by atomic mass is 10.0. The Morgan fingerprint density at radius 1 is 1.10 bits per heavy atom. The molecular weight excluding hydrogens is 254 g/mol. The van der Waals surface area contributed by atoms with Gasteiger partial charge in [0.05, 0.1) is 13.0 Å². The van der Waals surface area contributed by atoms with E-state index in [9.17, 15) is 4.79 Å². The largest absolute Gasteiger partial charge is 0.466 e. The van der Waals surface area contributed by atoms with Crippen LogP contribution in [0.15, 0.2) is 0 Å². The number of esters is 1. The number of carbonyl (C=O) groups excluding carboxylic acids is 1. The summed E-state index contributed by atoms with van der Waals surface area (Å²) in [5.41, 5.74) is 0. The molecule has 2 aliphatic heterocycles. The zero-order valence-corrected chi connectivity index (χ0v) is 13.0. The standard InChI is InChI=1S/C15H29N3O2/c1-3-20-15(19)6-9-17-7-4-14(5-8-17)18-12-10-16(2)11-13-18/h14H,3-13H2,1-2H3. The summed E-state index contributed by atoms with van der Waals surface area (Å²) in [7, 11) is 2.20. The van der Waals surface area contributed by atoms with Gasteiger partial charge in [0, 0.05) is 38.8 Å². The summed E-state index contributed by atoms with van der Waals surface area (Å²) >= 11 is 0. The van der Waals surface area contributed by atoms with Gasteiger partial charge in [-0.2, -0.15) is 0 Å². The van der Waals surface area contributed by atoms with Gasteiger partial charge in [0.1, 0.15) is 0 Å². The summed E-state index contributed by atoms with van der Waals surface area (Å²) in [6.45, 7) is 10.3. The van der Waals surface area contributed by atoms with Crippen molar-refractivity contribution < 1.29 is 9.53 Å². The fourth-order valence-corrected chi connectivity index (χ4v) is 3.18. The minimum atomic E-state index is -0.0614. The lowest BCUT2D eigenvalue weighted by Gasteiger charge is -2.42. The zero-order chi connectivity index (χ0) is 14.4. The molecule has 0 amide bonds. The molecule has 0 spiro atoms. The van der Waals surface area contributed by atoms with Crippen LogP contribution in [-0.4, -0.2) is 86.2 Å². The predicted molar refractivity (Wildman–Crippen MR) is 79.8 cm³/mol. The van der Waals surface area contributed by atoms with Gasteiger partial charge in [0.2, 0.25) is 0 Å². The SMILES string of the molecule is CCOC(=O)CCN1CCC(N2CCN(C)CC2)CC1. The van der Waals surface area contributed by atoms with Crippen LogP contribution < -0.4 is 0 Å². The smallest absolute Gasteiger partial charge is 0.307 e. The summed E-state index contributed by atoms with van der Waals surface area (Å²) in [6.07, 6.45) is 3.02. The highest BCUT2D eigenvalue weighted by Crippen LogP contribution is 2.18. The van der Waals surface area contributed by atoms with Crippen molar-refractivity contribution in [2.24, 2.45) is 0 Å². The maximum absolute atomic E-state index is 11.4. The number of piperidine rings is 1. The summed E-state index contributed by atoms with van der Waals surface area (Å²) in [4.78, 5) is 18.8. The van der Waals surface area contributed by atoms with E-state index in [0.29, 0.717) is 13.0 Å². The zero-order valence-electron chi connectivity index (χ0n) is 13.0. The van der Waals surface area contributed by atoms with Crippen LogP contribution in [0.2, 0.25) is 0 Å². The topological polar surface area (TPSA) is 36.0 Å². The van der Waals surface area contributed by atoms with E-state index in [4.69, 9.17) is 4.74 Å². The number of hydrogen-bond donors (Lipinski definition) is 0. The summed E-state index contributed by atoms with van der Waals surface area (Å²) in [6, 6.07) is 0.752. The normalized spacial score (nSPS) is 23.9. The number of carbonyl (C=O) groups is 1. The van der Waals surface area contributed by atoms with Crippen molar-refractivity contribution in [3.63, 3.8) is 0 Å². The highest BCUT2D eigenvalue weighted by atomic mass is 16.5. The molecular formula is C15H29N3O2. The van der Waals surface area contributed by atoms with E-state index in [1.165, 1.54) is 39.0 Å². The van der Waals surface area contributed by atoms with Crippen LogP contribution in [0, 0.1) is 0 Å². The molecule has 0 N–H and O–H groups in total. The second-order valence-corrected chi connectivity index (χ2v) is 5.97. The first kappa shape index (κ1) is 15.7. The van der Waals surface area contributed by atoms with E-state index >= 15 is 0 Å². The van der Waals surface area contributed by atoms with Crippen molar-refractivity contribution in [3.8, 4) is 0 Å². The molecule has 0 unspecified atom stereocenters. The molecule has 20 heavy (non-hydrogen) atoms. The molecule has 0 saturated carbocycles. The second-order valence-electron chi connectivity index (χ2n) is 5.97. The lowest BCUT2D eigenvalue weighted by Crippen LogP contribution is -2.52. The molecule has 2 fully saturated rings. The van der Waals surface area contributed by atoms with Crippen molar-refractivity contribution in [1.82, 2.24) is 14.7 Å². The van der Waals surface area contributed by atoms with Crippen molar-refractivity contribution >= 4 is 5.97 Å². The minimum Gasteiger partial charge on any atom is -0.466 e. The second kappa shape index (κ2) is 7.96. The number of piperazine rings is 1. The summed E-state index contributed by atoms with van der Waals surface area (Å²) < 4.78 is 4.98. The third kappa shape index (κ3) is 4.72. The van der Waals surface area contributed by atoms with Crippen molar-refractivity contribution in [1.29, 1.82) is 0 Å². The molecule has 0 atom stereocenters. The van der Waals surface area contributed by atoms with Gasteiger partial charge < -0.3 is 14.5 Å². The minimum absolute atomic E-state index is 0.0614. The summed E-state index contributed by atoms with van der Waals surface area (Å²) in [5.74, 6) is -0.0614. The van der Waals surface area contributed by atoms with E-state index in [1.807, 2.05) is 6.92 Å². The van der Waals surface area contributed by atoms with Crippen molar-refractivity contribution in [2.75, 3.05) is 59.5 Å². The number of hydrogen-bond acceptors (Lipinski definition) is 5. The van der Waals surface area contributed by atoms with E-state index < -0.39 is 0 Å². The van der Waals surface area contributed by atoms with Gasteiger partial charge in [-0.25, -0.2) is 0 Å². The highest BCUT2D eigenvalue weighted by molar-refractivity contribution is 5.69. The molecule has 2 aliphatic rings. The Balaban J connectivity index is 1.63. The van der Waals surface area contributed by atoms with Crippen LogP contribution in [0.3, 0.4) is 0 Å². The van der Waals surface area contributed by atoms with E-state index in [-0.39, 0.29) is 5.97 Å². The maximum atomic E-state index is 11.4. The molecule has 116 valence electrons. The van der Waals surface area contributed by atoms with Gasteiger partial charge in [0.25, 0.3) is 0 Å². The van der Waals surface area contributed by atoms with E-state index in [0.717, 1.165) is 25.7 Å². The van der Waals surface area contributed by atoms with Gasteiger partial charge in [-0.15, -0.1) is 0 Å². The lowest BCUT2D eigenvalue weighted by molar-refractivity contribution is -0.143. The third-order valence-electron chi connectivity index (χ3n) is 4.55. The molecule has 0 bridgehead atoms. The van der Waals surface area contributed by atoms with Gasteiger partial charge in [-0.3, -0.25) is 9.69 Å². The first-order valence-corrected chi connectivity index (χ1v) is 7.99. The number of ether oxygens (including phenoxy) is 1. The fraction of sp³-hybridized carbons (Fsp3) is 0.933. The quantitative estimate of drug-likeness (QED) is 0.693. The molecule has 0 aromatic carbocycles. The summed E-state index contributed by atoms with van der Waals surface area (Å²) in [5, 5.41) is 0. The monoisotopic (exact) mass is 283 g/mol. The third-order valence-corrected chi connectivity index (χ3v) is 4.55. The van der Waals surface area contributed by atoms with Gasteiger partial charge in [-0.1, -0.05) is 0 Å². The van der Waals surface area contributed by atoms with Crippen molar-refractivity contribution in [3.05, 3.63) is 0 Å². The van der Waals surface area contributed by atoms with Crippen LogP contribution in [0.4, 0.5) is 0 Å². The Hall–Kier alpha value is -0.650. The van der Waals surface area contributed by atoms with Crippen LogP contribution >= 0.6 is 0 Å². The van der Waals surface area contributed by atoms with Crippen LogP contribution in [0.25, 0.3) is 0 Å². The highest BCUT2D eigenvalue weighted by Gasteiger charge is 2.26. The Morgan fingerprint density at radius 3 is 2.35 bits per heavy atom. The molecule has 0 aromatic heterocycles. The molecule has 2 heterocycles. The number of nitrogens with zero attached hydrogens (tertiary/aromatic N) is 3. The average molecular weight is 283 g/mol. The Morgan fingerprint density at radius 2 is 1.75 bits per heavy atom. The molecule has 5 nitrogen and oxygen atoms in total. The number of rotatable bonds is 5. The number of likely N-dealkylation sites (tertiary alicyclic amines) is 1. The Kier molecular flexibility index (Phi) is 6.26. The molecule has 0 radical (unpaired) electrons. The molecule has 0 aromatic rings. The predicted octanol–water partition coefficient (Wildman–Crippen LogP) is 0.651.